The van der Waals surface area contributed by atoms with Crippen LogP contribution in [0.2, 0.25) is 0 Å². The summed E-state index contributed by atoms with van der Waals surface area (Å²) in [6, 6.07) is -0.681. The summed E-state index contributed by atoms with van der Waals surface area (Å²) in [7, 11) is 0. The summed E-state index contributed by atoms with van der Waals surface area (Å²) in [4.78, 5) is 83.9. The van der Waals surface area contributed by atoms with E-state index in [0.717, 1.165) is 32.1 Å². The monoisotopic (exact) mass is 712 g/mol. The number of carbonyl (C=O) groups is 6. The highest BCUT2D eigenvalue weighted by Crippen LogP contribution is 2.88. The summed E-state index contributed by atoms with van der Waals surface area (Å²) in [5.74, 6) is -2.61. The normalized spacial score (nSPS) is 25.6. The molecule has 1 aliphatic heterocycles. The molecule has 0 aromatic rings. The van der Waals surface area contributed by atoms with Crippen LogP contribution in [0.5, 0.6) is 0 Å². The third-order valence-corrected chi connectivity index (χ3v) is 13.9. The quantitative estimate of drug-likeness (QED) is 0.161. The zero-order valence-electron chi connectivity index (χ0n) is 33.8. The van der Waals surface area contributed by atoms with E-state index >= 15 is 0 Å². The van der Waals surface area contributed by atoms with Gasteiger partial charge in [0.05, 0.1) is 11.6 Å². The highest BCUT2D eigenvalue weighted by atomic mass is 16.2. The van der Waals surface area contributed by atoms with Crippen LogP contribution < -0.4 is 11.1 Å². The van der Waals surface area contributed by atoms with Gasteiger partial charge < -0.3 is 16.0 Å². The van der Waals surface area contributed by atoms with E-state index in [4.69, 9.17) is 5.73 Å². The Bertz CT molecular complexity index is 1390. The molecular weight excluding hydrogens is 642 g/mol. The van der Waals surface area contributed by atoms with Crippen LogP contribution in [0.1, 0.15) is 153 Å². The third kappa shape index (κ3) is 8.23. The Morgan fingerprint density at radius 2 is 1.47 bits per heavy atom. The lowest BCUT2D eigenvalue weighted by molar-refractivity contribution is -0.147. The van der Waals surface area contributed by atoms with E-state index in [-0.39, 0.29) is 82.4 Å². The molecule has 51 heavy (non-hydrogen) atoms. The van der Waals surface area contributed by atoms with Gasteiger partial charge in [0.1, 0.15) is 5.78 Å². The van der Waals surface area contributed by atoms with Crippen molar-refractivity contribution in [3.63, 3.8) is 0 Å². The van der Waals surface area contributed by atoms with Gasteiger partial charge in [-0.15, -0.1) is 0 Å². The minimum absolute atomic E-state index is 0.0276. The zero-order chi connectivity index (χ0) is 38.5. The summed E-state index contributed by atoms with van der Waals surface area (Å²) in [5, 5.41) is 2.92. The number of hydrogen-bond donors (Lipinski definition) is 2. The Morgan fingerprint density at radius 3 is 1.92 bits per heavy atom. The minimum Gasteiger partial charge on any atom is -0.354 e. The molecule has 9 nitrogen and oxygen atoms in total. The van der Waals surface area contributed by atoms with Gasteiger partial charge in [0.25, 0.3) is 0 Å². The number of likely N-dealkylation sites (tertiary alicyclic amines) is 1. The molecule has 2 amide bonds. The summed E-state index contributed by atoms with van der Waals surface area (Å²) in [6.45, 7) is 22.7. The van der Waals surface area contributed by atoms with Crippen molar-refractivity contribution < 1.29 is 28.8 Å². The van der Waals surface area contributed by atoms with Crippen molar-refractivity contribution in [3.05, 3.63) is 0 Å². The predicted octanol–water partition coefficient (Wildman–Crippen LogP) is 6.63. The van der Waals surface area contributed by atoms with Crippen molar-refractivity contribution in [2.24, 2.45) is 56.5 Å². The lowest BCUT2D eigenvalue weighted by Crippen LogP contribution is -2.51. The molecule has 3 saturated carbocycles. The van der Waals surface area contributed by atoms with Gasteiger partial charge in [0.2, 0.25) is 17.6 Å². The van der Waals surface area contributed by atoms with Crippen LogP contribution in [0.25, 0.3) is 0 Å². The van der Waals surface area contributed by atoms with Crippen molar-refractivity contribution in [1.29, 1.82) is 0 Å². The maximum Gasteiger partial charge on any atom is 0.239 e. The number of hydrogen-bond acceptors (Lipinski definition) is 7. The van der Waals surface area contributed by atoms with E-state index in [1.165, 1.54) is 0 Å². The second-order valence-corrected chi connectivity index (χ2v) is 20.3. The number of nitrogens with zero attached hydrogens (tertiary/aromatic N) is 1. The molecule has 5 atom stereocenters. The molecule has 3 aliphatic carbocycles. The van der Waals surface area contributed by atoms with Crippen LogP contribution in [-0.4, -0.2) is 64.5 Å². The second-order valence-electron chi connectivity index (χ2n) is 20.3. The molecule has 2 spiro atoms. The summed E-state index contributed by atoms with van der Waals surface area (Å²) >= 11 is 0. The highest BCUT2D eigenvalue weighted by molar-refractivity contribution is 6.38. The van der Waals surface area contributed by atoms with Crippen LogP contribution in [0.4, 0.5) is 0 Å². The number of ketones is 4. The second kappa shape index (κ2) is 14.4. The molecule has 4 rings (SSSR count). The molecule has 4 aliphatic rings. The number of carbonyl (C=O) groups excluding carboxylic acids is 6. The van der Waals surface area contributed by atoms with E-state index < -0.39 is 34.6 Å². The van der Waals surface area contributed by atoms with Gasteiger partial charge in [-0.05, 0) is 85.9 Å². The lowest BCUT2D eigenvalue weighted by atomic mass is 9.73. The number of amides is 2. The first-order chi connectivity index (χ1) is 23.3. The third-order valence-electron chi connectivity index (χ3n) is 13.9. The molecular formula is C42H69N3O6. The molecule has 1 saturated heterocycles. The molecule has 0 aromatic heterocycles. The topological polar surface area (TPSA) is 144 Å². The Morgan fingerprint density at radius 1 is 0.863 bits per heavy atom. The molecule has 0 bridgehead atoms. The maximum atomic E-state index is 14.9. The fourth-order valence-corrected chi connectivity index (χ4v) is 9.76. The van der Waals surface area contributed by atoms with Crippen LogP contribution in [-0.2, 0) is 28.8 Å². The Kier molecular flexibility index (Phi) is 11.7. The Balaban J connectivity index is 1.58. The first-order valence-electron chi connectivity index (χ1n) is 19.8. The average molecular weight is 712 g/mol. The molecule has 9 heteroatoms. The van der Waals surface area contributed by atoms with Crippen LogP contribution >= 0.6 is 0 Å². The van der Waals surface area contributed by atoms with E-state index in [9.17, 15) is 28.8 Å². The van der Waals surface area contributed by atoms with Gasteiger partial charge in [0, 0.05) is 56.0 Å². The van der Waals surface area contributed by atoms with Crippen LogP contribution in [0.3, 0.4) is 0 Å². The van der Waals surface area contributed by atoms with Crippen molar-refractivity contribution in [1.82, 2.24) is 10.2 Å². The smallest absolute Gasteiger partial charge is 0.239 e. The van der Waals surface area contributed by atoms with Gasteiger partial charge in [-0.25, -0.2) is 0 Å². The number of fused-ring (bicyclic) bond motifs is 1. The number of Topliss-reactive ketones (excluding diaryl/α,β-unsaturated/α-hetero) is 4. The summed E-state index contributed by atoms with van der Waals surface area (Å²) in [5.41, 5.74) is 4.00. The first-order valence-corrected chi connectivity index (χ1v) is 19.8. The van der Waals surface area contributed by atoms with Crippen molar-refractivity contribution in [2.75, 3.05) is 13.1 Å². The molecule has 288 valence electrons. The van der Waals surface area contributed by atoms with Gasteiger partial charge in [-0.3, -0.25) is 28.8 Å². The Labute approximate surface area is 307 Å². The van der Waals surface area contributed by atoms with Gasteiger partial charge >= 0.3 is 0 Å². The zero-order valence-corrected chi connectivity index (χ0v) is 33.8. The van der Waals surface area contributed by atoms with Crippen molar-refractivity contribution >= 4 is 34.9 Å². The van der Waals surface area contributed by atoms with E-state index in [1.54, 1.807) is 18.7 Å². The molecule has 4 fully saturated rings. The minimum atomic E-state index is -1.04. The Hall–Kier alpha value is -2.42. The summed E-state index contributed by atoms with van der Waals surface area (Å²) in [6.07, 6.45) is 7.49. The molecule has 0 aromatic carbocycles. The van der Waals surface area contributed by atoms with Crippen molar-refractivity contribution in [3.8, 4) is 0 Å². The fraction of sp³-hybridized carbons (Fsp3) is 0.857. The predicted molar refractivity (Wildman–Crippen MR) is 199 cm³/mol. The number of rotatable bonds is 17. The molecule has 0 radical (unpaired) electrons. The average Bonchev–Trinajstić information content (AvgIpc) is 3.80. The fourth-order valence-electron chi connectivity index (χ4n) is 9.76. The molecule has 3 N–H and O–H groups in total. The van der Waals surface area contributed by atoms with Crippen LogP contribution in [0.15, 0.2) is 0 Å². The maximum absolute atomic E-state index is 14.9. The van der Waals surface area contributed by atoms with E-state index in [1.807, 2.05) is 48.5 Å². The van der Waals surface area contributed by atoms with Crippen LogP contribution in [0, 0.1) is 50.7 Å². The summed E-state index contributed by atoms with van der Waals surface area (Å²) < 4.78 is 0. The van der Waals surface area contributed by atoms with Gasteiger partial charge in [-0.2, -0.15) is 0 Å². The first kappa shape index (κ1) is 41.3. The van der Waals surface area contributed by atoms with Gasteiger partial charge in [0.15, 0.2) is 11.6 Å². The van der Waals surface area contributed by atoms with E-state index in [2.05, 4.69) is 19.2 Å². The largest absolute Gasteiger partial charge is 0.354 e. The lowest BCUT2D eigenvalue weighted by Gasteiger charge is -2.36. The van der Waals surface area contributed by atoms with E-state index in [0.29, 0.717) is 38.3 Å². The number of nitrogens with one attached hydrogen (secondary N) is 1. The van der Waals surface area contributed by atoms with Crippen molar-refractivity contribution in [2.45, 2.75) is 165 Å². The van der Waals surface area contributed by atoms with Gasteiger partial charge in [-0.1, -0.05) is 75.2 Å². The molecule has 0 unspecified atom stereocenters. The standard InChI is InChI=1S/C42H69N3O6/c1-12-14-27(34(49)33(48)19-26-15-16-26)20-32(47)31-23-42(40(10,11)41(42)17-13-18-41)25-45(31)35(50)30(38(5,6)7)22-29(46)21-28(37(2,3)4)24-44-36(51)39(8,9)43/h26-28,30-31H,12-25,43H2,1-11H3,(H,44,51)/t27-,28-,30-,31+,42-/m1/s1. The SMILES string of the molecule is CCC[C@H](CC(=O)[C@@H]1C[C@@]2(CN1C(=O)[C@@H](CC(=O)C[C@H](CNC(=O)C(C)(C)N)C(C)(C)C)C(C)(C)C)C(C)(C)C21CCC1)C(=O)C(=O)CC1CC1. The number of nitrogens with two attached hydrogens (primary N) is 1. The highest BCUT2D eigenvalue weighted by Gasteiger charge is 2.85. The molecule has 1 heterocycles.